The average Bonchev–Trinajstić information content (AvgIpc) is 3.21. The van der Waals surface area contributed by atoms with Crippen LogP contribution in [-0.4, -0.2) is 49.5 Å². The number of rotatable bonds is 7. The standard InChI is InChI=1S/C22H21N5O4S2/c1-13(28)23-8-9-24-21(29)19-11-17-18(32-19)7-6-14-12-25-22(27-20(14)17)26-15-4-3-5-16(10-15)33(2,30)31/h3-7,10-12H,8-9H2,1-2H3,(H,23,28)(H,24,29)(H,25,26,27). The number of carbonyl (C=O) groups excluding carboxylic acids is 2. The van der Waals surface area contributed by atoms with Crippen molar-refractivity contribution in [1.82, 2.24) is 20.6 Å². The lowest BCUT2D eigenvalue weighted by atomic mass is 10.2. The summed E-state index contributed by atoms with van der Waals surface area (Å²) < 4.78 is 24.5. The minimum atomic E-state index is -3.34. The molecule has 11 heteroatoms. The van der Waals surface area contributed by atoms with Crippen LogP contribution in [0.1, 0.15) is 16.6 Å². The van der Waals surface area contributed by atoms with E-state index in [1.807, 2.05) is 12.1 Å². The van der Waals surface area contributed by atoms with Crippen molar-refractivity contribution in [2.45, 2.75) is 11.8 Å². The fourth-order valence-electron chi connectivity index (χ4n) is 3.22. The van der Waals surface area contributed by atoms with Crippen LogP contribution in [0.2, 0.25) is 0 Å². The maximum atomic E-state index is 12.5. The van der Waals surface area contributed by atoms with Crippen LogP contribution in [0, 0.1) is 0 Å². The lowest BCUT2D eigenvalue weighted by Crippen LogP contribution is -2.33. The van der Waals surface area contributed by atoms with Gasteiger partial charge in [-0.05, 0) is 36.4 Å². The van der Waals surface area contributed by atoms with E-state index in [0.717, 1.165) is 21.7 Å². The van der Waals surface area contributed by atoms with E-state index < -0.39 is 9.84 Å². The molecule has 4 rings (SSSR count). The Morgan fingerprint density at radius 1 is 1.06 bits per heavy atom. The monoisotopic (exact) mass is 483 g/mol. The van der Waals surface area contributed by atoms with Crippen molar-refractivity contribution in [2.24, 2.45) is 0 Å². The third-order valence-corrected chi connectivity index (χ3v) is 6.98. The molecule has 4 aromatic rings. The summed E-state index contributed by atoms with van der Waals surface area (Å²) in [7, 11) is -3.34. The first kappa shape index (κ1) is 22.6. The van der Waals surface area contributed by atoms with Crippen LogP contribution in [0.15, 0.2) is 53.6 Å². The van der Waals surface area contributed by atoms with Crippen molar-refractivity contribution < 1.29 is 18.0 Å². The van der Waals surface area contributed by atoms with Crippen LogP contribution < -0.4 is 16.0 Å². The van der Waals surface area contributed by atoms with Crippen LogP contribution >= 0.6 is 11.3 Å². The smallest absolute Gasteiger partial charge is 0.261 e. The molecule has 0 saturated carbocycles. The van der Waals surface area contributed by atoms with Gasteiger partial charge < -0.3 is 16.0 Å². The zero-order chi connectivity index (χ0) is 23.6. The molecule has 33 heavy (non-hydrogen) atoms. The number of benzene rings is 2. The summed E-state index contributed by atoms with van der Waals surface area (Å²) >= 11 is 1.35. The molecule has 0 aliphatic carbocycles. The number of carbonyl (C=O) groups is 2. The van der Waals surface area contributed by atoms with Crippen molar-refractivity contribution in [1.29, 1.82) is 0 Å². The molecule has 2 aromatic heterocycles. The van der Waals surface area contributed by atoms with Crippen molar-refractivity contribution in [3.05, 3.63) is 53.5 Å². The molecule has 0 aliphatic heterocycles. The molecule has 3 N–H and O–H groups in total. The SMILES string of the molecule is CC(=O)NCCNC(=O)c1cc2c(ccc3cnc(Nc4cccc(S(C)(=O)=O)c4)nc32)s1. The number of aromatic nitrogens is 2. The summed E-state index contributed by atoms with van der Waals surface area (Å²) in [6.45, 7) is 2.11. The number of anilines is 2. The van der Waals surface area contributed by atoms with Crippen molar-refractivity contribution >= 4 is 65.6 Å². The number of nitrogens with one attached hydrogen (secondary N) is 3. The summed E-state index contributed by atoms with van der Waals surface area (Å²) in [5.41, 5.74) is 1.23. The molecule has 0 aliphatic rings. The first-order chi connectivity index (χ1) is 15.7. The van der Waals surface area contributed by atoms with E-state index in [0.29, 0.717) is 35.1 Å². The van der Waals surface area contributed by atoms with Gasteiger partial charge in [0.1, 0.15) is 0 Å². The summed E-state index contributed by atoms with van der Waals surface area (Å²) in [5.74, 6) is -0.0578. The number of thiophene rings is 1. The Hall–Kier alpha value is -3.57. The number of nitrogens with zero attached hydrogens (tertiary/aromatic N) is 2. The Labute approximate surface area is 194 Å². The number of hydrogen-bond donors (Lipinski definition) is 3. The normalized spacial score (nSPS) is 11.5. The van der Waals surface area contributed by atoms with Gasteiger partial charge in [0.05, 0.1) is 15.3 Å². The number of fused-ring (bicyclic) bond motifs is 3. The molecule has 0 atom stereocenters. The fourth-order valence-corrected chi connectivity index (χ4v) is 4.86. The van der Waals surface area contributed by atoms with Crippen LogP contribution in [0.25, 0.3) is 21.0 Å². The molecule has 9 nitrogen and oxygen atoms in total. The van der Waals surface area contributed by atoms with Gasteiger partial charge in [0, 0.05) is 53.6 Å². The van der Waals surface area contributed by atoms with E-state index in [2.05, 4.69) is 25.9 Å². The third-order valence-electron chi connectivity index (χ3n) is 4.77. The minimum Gasteiger partial charge on any atom is -0.355 e. The number of amides is 2. The van der Waals surface area contributed by atoms with Gasteiger partial charge in [-0.3, -0.25) is 9.59 Å². The number of hydrogen-bond acceptors (Lipinski definition) is 8. The van der Waals surface area contributed by atoms with Crippen LogP contribution in [0.5, 0.6) is 0 Å². The molecule has 0 unspecified atom stereocenters. The fraction of sp³-hybridized carbons (Fsp3) is 0.182. The second-order valence-corrected chi connectivity index (χ2v) is 10.5. The highest BCUT2D eigenvalue weighted by Crippen LogP contribution is 2.31. The Balaban J connectivity index is 1.61. The Morgan fingerprint density at radius 3 is 2.61 bits per heavy atom. The van der Waals surface area contributed by atoms with E-state index in [4.69, 9.17) is 0 Å². The van der Waals surface area contributed by atoms with E-state index in [9.17, 15) is 18.0 Å². The lowest BCUT2D eigenvalue weighted by molar-refractivity contribution is -0.118. The van der Waals surface area contributed by atoms with E-state index in [-0.39, 0.29) is 16.7 Å². The maximum absolute atomic E-state index is 12.5. The zero-order valence-corrected chi connectivity index (χ0v) is 19.5. The molecule has 0 bridgehead atoms. The first-order valence-electron chi connectivity index (χ1n) is 10.00. The highest BCUT2D eigenvalue weighted by molar-refractivity contribution is 7.90. The number of sulfone groups is 1. The second-order valence-electron chi connectivity index (χ2n) is 7.38. The van der Waals surface area contributed by atoms with E-state index in [1.165, 1.54) is 30.4 Å². The largest absolute Gasteiger partial charge is 0.355 e. The van der Waals surface area contributed by atoms with E-state index in [1.54, 1.807) is 24.4 Å². The molecule has 2 heterocycles. The van der Waals surface area contributed by atoms with Gasteiger partial charge in [-0.15, -0.1) is 11.3 Å². The summed E-state index contributed by atoms with van der Waals surface area (Å²) in [5, 5.41) is 10.1. The maximum Gasteiger partial charge on any atom is 0.261 e. The molecule has 170 valence electrons. The molecule has 0 radical (unpaired) electrons. The second kappa shape index (κ2) is 9.12. The van der Waals surface area contributed by atoms with Crippen molar-refractivity contribution in [3.63, 3.8) is 0 Å². The molecular weight excluding hydrogens is 462 g/mol. The van der Waals surface area contributed by atoms with Gasteiger partial charge >= 0.3 is 0 Å². The van der Waals surface area contributed by atoms with Gasteiger partial charge in [0.2, 0.25) is 11.9 Å². The predicted octanol–water partition coefficient (Wildman–Crippen LogP) is 2.86. The molecule has 0 fully saturated rings. The highest BCUT2D eigenvalue weighted by Gasteiger charge is 2.14. The van der Waals surface area contributed by atoms with Crippen molar-refractivity contribution in [3.8, 4) is 0 Å². The zero-order valence-electron chi connectivity index (χ0n) is 17.9. The molecule has 0 spiro atoms. The molecule has 2 aromatic carbocycles. The molecule has 0 saturated heterocycles. The summed E-state index contributed by atoms with van der Waals surface area (Å²) in [6, 6.07) is 12.0. The van der Waals surface area contributed by atoms with Crippen molar-refractivity contribution in [2.75, 3.05) is 24.7 Å². The van der Waals surface area contributed by atoms with Gasteiger partial charge in [-0.2, -0.15) is 0 Å². The highest BCUT2D eigenvalue weighted by atomic mass is 32.2. The van der Waals surface area contributed by atoms with Crippen LogP contribution in [-0.2, 0) is 14.6 Å². The Kier molecular flexibility index (Phi) is 6.25. The Bertz CT molecular complexity index is 1480. The molecule has 2 amide bonds. The topological polar surface area (TPSA) is 130 Å². The van der Waals surface area contributed by atoms with Crippen LogP contribution in [0.3, 0.4) is 0 Å². The molecular formula is C22H21N5O4S2. The lowest BCUT2D eigenvalue weighted by Gasteiger charge is -2.07. The van der Waals surface area contributed by atoms with E-state index >= 15 is 0 Å². The van der Waals surface area contributed by atoms with Gasteiger partial charge in [0.25, 0.3) is 5.91 Å². The van der Waals surface area contributed by atoms with Gasteiger partial charge in [-0.1, -0.05) is 6.07 Å². The average molecular weight is 484 g/mol. The van der Waals surface area contributed by atoms with Crippen LogP contribution in [0.4, 0.5) is 11.6 Å². The predicted molar refractivity (Wildman–Crippen MR) is 129 cm³/mol. The quantitative estimate of drug-likeness (QED) is 0.345. The van der Waals surface area contributed by atoms with Gasteiger partial charge in [-0.25, -0.2) is 18.4 Å². The van der Waals surface area contributed by atoms with Gasteiger partial charge in [0.15, 0.2) is 9.84 Å². The minimum absolute atomic E-state index is 0.148. The summed E-state index contributed by atoms with van der Waals surface area (Å²) in [6.07, 6.45) is 2.83. The third kappa shape index (κ3) is 5.26. The summed E-state index contributed by atoms with van der Waals surface area (Å²) in [4.78, 5) is 33.1. The Morgan fingerprint density at radius 2 is 1.85 bits per heavy atom. The first-order valence-corrected chi connectivity index (χ1v) is 12.7.